The van der Waals surface area contributed by atoms with Gasteiger partial charge in [0, 0.05) is 36.1 Å². The van der Waals surface area contributed by atoms with Gasteiger partial charge in [-0.3, -0.25) is 4.98 Å². The van der Waals surface area contributed by atoms with E-state index in [0.717, 1.165) is 33.4 Å². The summed E-state index contributed by atoms with van der Waals surface area (Å²) in [6, 6.07) is 13.7. The number of nitrogens with one attached hydrogen (secondary N) is 1. The number of hydrogen-bond donors (Lipinski definition) is 1. The molecule has 1 aliphatic heterocycles. The van der Waals surface area contributed by atoms with Gasteiger partial charge in [-0.05, 0) is 55.2 Å². The molecule has 0 spiro atoms. The van der Waals surface area contributed by atoms with Crippen LogP contribution in [-0.2, 0) is 6.42 Å². The maximum Gasteiger partial charge on any atom is 0.337 e. The molecule has 2 heterocycles. The van der Waals surface area contributed by atoms with E-state index in [2.05, 4.69) is 29.4 Å². The first-order valence-corrected chi connectivity index (χ1v) is 10.8. The molecule has 0 radical (unpaired) electrons. The number of ether oxygens (including phenoxy) is 2. The van der Waals surface area contributed by atoms with E-state index >= 15 is 0 Å². The molecule has 170 valence electrons. The largest absolute Gasteiger partial charge is 0.493 e. The van der Waals surface area contributed by atoms with Crippen LogP contribution in [0.25, 0.3) is 11.1 Å². The molecule has 1 atom stereocenters. The molecular weight excluding hydrogens is 416 g/mol. The number of amides is 2. The number of hydrazone groups is 1. The molecule has 2 amide bonds. The maximum atomic E-state index is 12.6. The van der Waals surface area contributed by atoms with Gasteiger partial charge in [-0.25, -0.2) is 9.80 Å². The van der Waals surface area contributed by atoms with Gasteiger partial charge in [0.05, 0.1) is 26.0 Å². The fourth-order valence-electron chi connectivity index (χ4n) is 4.12. The second-order valence-electron chi connectivity index (χ2n) is 8.03. The summed E-state index contributed by atoms with van der Waals surface area (Å²) in [5.41, 5.74) is 6.87. The van der Waals surface area contributed by atoms with Gasteiger partial charge < -0.3 is 14.8 Å². The number of methoxy groups -OCH3 is 2. The molecule has 0 bridgehead atoms. The van der Waals surface area contributed by atoms with Crippen molar-refractivity contribution in [3.8, 4) is 22.6 Å². The summed E-state index contributed by atoms with van der Waals surface area (Å²) in [5.74, 6) is 1.27. The van der Waals surface area contributed by atoms with Crippen LogP contribution in [-0.4, -0.2) is 49.0 Å². The van der Waals surface area contributed by atoms with Gasteiger partial charge >= 0.3 is 6.03 Å². The Kier molecular flexibility index (Phi) is 6.31. The first-order valence-electron chi connectivity index (χ1n) is 10.8. The Bertz CT molecular complexity index is 1200. The van der Waals surface area contributed by atoms with Crippen LogP contribution in [0.3, 0.4) is 0 Å². The van der Waals surface area contributed by atoms with Crippen molar-refractivity contribution in [3.05, 3.63) is 77.1 Å². The van der Waals surface area contributed by atoms with Crippen molar-refractivity contribution >= 4 is 11.7 Å². The number of carbonyl (C=O) groups is 1. The third-order valence-corrected chi connectivity index (χ3v) is 5.94. The summed E-state index contributed by atoms with van der Waals surface area (Å²) in [4.78, 5) is 16.9. The highest BCUT2D eigenvalue weighted by Gasteiger charge is 2.28. The number of pyridine rings is 1. The van der Waals surface area contributed by atoms with Gasteiger partial charge in [-0.1, -0.05) is 24.3 Å². The summed E-state index contributed by atoms with van der Waals surface area (Å²) in [6.45, 7) is 4.05. The first kappa shape index (κ1) is 22.3. The maximum absolute atomic E-state index is 12.6. The molecule has 1 N–H and O–H groups in total. The predicted molar refractivity (Wildman–Crippen MR) is 129 cm³/mol. The van der Waals surface area contributed by atoms with Crippen LogP contribution in [0.15, 0.2) is 60.0 Å². The molecule has 1 unspecified atom stereocenters. The highest BCUT2D eigenvalue weighted by molar-refractivity contribution is 6.14. The van der Waals surface area contributed by atoms with Crippen molar-refractivity contribution in [1.29, 1.82) is 0 Å². The van der Waals surface area contributed by atoms with Gasteiger partial charge in [-0.2, -0.15) is 5.10 Å². The van der Waals surface area contributed by atoms with Crippen LogP contribution in [0.4, 0.5) is 4.79 Å². The quantitative estimate of drug-likeness (QED) is 0.647. The van der Waals surface area contributed by atoms with E-state index in [1.807, 2.05) is 43.5 Å². The number of fused-ring (bicyclic) bond motifs is 1. The summed E-state index contributed by atoms with van der Waals surface area (Å²) in [6.07, 6.45) is 4.29. The average molecular weight is 445 g/mol. The normalized spacial score (nSPS) is 15.2. The van der Waals surface area contributed by atoms with Crippen LogP contribution >= 0.6 is 0 Å². The zero-order valence-corrected chi connectivity index (χ0v) is 19.5. The third kappa shape index (κ3) is 4.26. The minimum atomic E-state index is -0.255. The number of rotatable bonds is 4. The van der Waals surface area contributed by atoms with E-state index in [1.165, 1.54) is 5.01 Å². The van der Waals surface area contributed by atoms with Crippen LogP contribution in [0.1, 0.15) is 29.2 Å². The number of benzene rings is 2. The standard InChI is InChI=1S/C26H28N4O3/c1-16-10-11-28-15-22(16)18-6-8-19(9-7-18)25-21-14-24(33-5)23(32-4)13-20(21)12-17(2)30(29-25)26(31)27-3/h6-11,13-15,17H,12H2,1-5H3,(H,27,31). The van der Waals surface area contributed by atoms with Gasteiger partial charge in [0.1, 0.15) is 0 Å². The number of aromatic nitrogens is 1. The van der Waals surface area contributed by atoms with Crippen molar-refractivity contribution in [1.82, 2.24) is 15.3 Å². The molecule has 4 rings (SSSR count). The van der Waals surface area contributed by atoms with E-state index in [1.54, 1.807) is 27.5 Å². The minimum Gasteiger partial charge on any atom is -0.493 e. The lowest BCUT2D eigenvalue weighted by Gasteiger charge is -2.22. The monoisotopic (exact) mass is 444 g/mol. The van der Waals surface area contributed by atoms with Crippen LogP contribution in [0.5, 0.6) is 11.5 Å². The highest BCUT2D eigenvalue weighted by atomic mass is 16.5. The summed E-state index contributed by atoms with van der Waals surface area (Å²) >= 11 is 0. The Morgan fingerprint density at radius 2 is 1.70 bits per heavy atom. The van der Waals surface area contributed by atoms with Gasteiger partial charge in [0.15, 0.2) is 11.5 Å². The molecule has 0 aliphatic carbocycles. The minimum absolute atomic E-state index is 0.142. The van der Waals surface area contributed by atoms with Crippen LogP contribution in [0.2, 0.25) is 0 Å². The van der Waals surface area contributed by atoms with E-state index in [4.69, 9.17) is 14.6 Å². The van der Waals surface area contributed by atoms with Crippen LogP contribution in [0, 0.1) is 6.92 Å². The number of urea groups is 1. The molecule has 33 heavy (non-hydrogen) atoms. The second-order valence-corrected chi connectivity index (χ2v) is 8.03. The van der Waals surface area contributed by atoms with Gasteiger partial charge in [0.2, 0.25) is 0 Å². The van der Waals surface area contributed by atoms with Crippen molar-refractivity contribution in [2.45, 2.75) is 26.3 Å². The topological polar surface area (TPSA) is 76.1 Å². The third-order valence-electron chi connectivity index (χ3n) is 5.94. The summed E-state index contributed by atoms with van der Waals surface area (Å²) in [5, 5.41) is 9.02. The molecule has 1 aromatic heterocycles. The fraction of sp³-hybridized carbons (Fsp3) is 0.269. The second kappa shape index (κ2) is 9.32. The molecule has 0 fully saturated rings. The molecule has 0 saturated carbocycles. The Morgan fingerprint density at radius 1 is 1.03 bits per heavy atom. The lowest BCUT2D eigenvalue weighted by Crippen LogP contribution is -2.41. The Morgan fingerprint density at radius 3 is 2.33 bits per heavy atom. The van der Waals surface area contributed by atoms with Crippen molar-refractivity contribution in [2.75, 3.05) is 21.3 Å². The Hall–Kier alpha value is -3.87. The van der Waals surface area contributed by atoms with Gasteiger partial charge in [-0.15, -0.1) is 0 Å². The van der Waals surface area contributed by atoms with Crippen molar-refractivity contribution in [2.24, 2.45) is 5.10 Å². The number of nitrogens with zero attached hydrogens (tertiary/aromatic N) is 3. The van der Waals surface area contributed by atoms with E-state index < -0.39 is 0 Å². The molecule has 2 aromatic carbocycles. The number of carbonyl (C=O) groups excluding carboxylic acids is 1. The molecule has 1 aliphatic rings. The SMILES string of the molecule is CNC(=O)N1N=C(c2ccc(-c3cnccc3C)cc2)c2cc(OC)c(OC)cc2CC1C. The molecular formula is C26H28N4O3. The zero-order valence-electron chi connectivity index (χ0n) is 19.5. The smallest absolute Gasteiger partial charge is 0.337 e. The fourth-order valence-corrected chi connectivity index (χ4v) is 4.12. The molecule has 0 saturated heterocycles. The Balaban J connectivity index is 1.86. The average Bonchev–Trinajstić information content (AvgIpc) is 2.98. The van der Waals surface area contributed by atoms with Crippen LogP contribution < -0.4 is 14.8 Å². The van der Waals surface area contributed by atoms with Gasteiger partial charge in [0.25, 0.3) is 0 Å². The van der Waals surface area contributed by atoms with E-state index in [-0.39, 0.29) is 12.1 Å². The Labute approximate surface area is 194 Å². The zero-order chi connectivity index (χ0) is 23.5. The lowest BCUT2D eigenvalue weighted by atomic mass is 9.93. The first-order chi connectivity index (χ1) is 16.0. The molecule has 7 heteroatoms. The number of hydrogen-bond acceptors (Lipinski definition) is 5. The predicted octanol–water partition coefficient (Wildman–Crippen LogP) is 4.41. The van der Waals surface area contributed by atoms with Crippen molar-refractivity contribution in [3.63, 3.8) is 0 Å². The van der Waals surface area contributed by atoms with Crippen molar-refractivity contribution < 1.29 is 14.3 Å². The highest BCUT2D eigenvalue weighted by Crippen LogP contribution is 2.35. The summed E-state index contributed by atoms with van der Waals surface area (Å²) < 4.78 is 11.1. The molecule has 7 nitrogen and oxygen atoms in total. The van der Waals surface area contributed by atoms with E-state index in [9.17, 15) is 4.79 Å². The summed E-state index contributed by atoms with van der Waals surface area (Å²) in [7, 11) is 4.84. The molecule has 3 aromatic rings. The number of aryl methyl sites for hydroxylation is 1. The lowest BCUT2D eigenvalue weighted by molar-refractivity contribution is 0.184. The van der Waals surface area contributed by atoms with E-state index in [0.29, 0.717) is 23.6 Å².